The highest BCUT2D eigenvalue weighted by atomic mass is 16.2. The summed E-state index contributed by atoms with van der Waals surface area (Å²) in [6.07, 6.45) is 2.08. The zero-order valence-corrected chi connectivity index (χ0v) is 17.9. The number of hydrogen-bond donors (Lipinski definition) is 2. The Morgan fingerprint density at radius 3 is 2.45 bits per heavy atom. The quantitative estimate of drug-likeness (QED) is 0.556. The van der Waals surface area contributed by atoms with Gasteiger partial charge in [0, 0.05) is 51.8 Å². The molecule has 2 aromatic rings. The lowest BCUT2D eigenvalue weighted by Crippen LogP contribution is -2.44. The Bertz CT molecular complexity index is 942. The number of amides is 2. The van der Waals surface area contributed by atoms with Crippen molar-refractivity contribution in [3.05, 3.63) is 65.7 Å². The van der Waals surface area contributed by atoms with Crippen molar-refractivity contribution in [1.29, 1.82) is 0 Å². The first-order valence-corrected chi connectivity index (χ1v) is 10.8. The number of nitrogens with one attached hydrogen (secondary N) is 2. The van der Waals surface area contributed by atoms with E-state index in [2.05, 4.69) is 39.9 Å². The number of benzene rings is 2. The van der Waals surface area contributed by atoms with E-state index in [-0.39, 0.29) is 17.9 Å². The van der Waals surface area contributed by atoms with E-state index < -0.39 is 0 Å². The van der Waals surface area contributed by atoms with E-state index in [1.807, 2.05) is 40.1 Å². The maximum Gasteiger partial charge on any atom is 0.229 e. The van der Waals surface area contributed by atoms with Gasteiger partial charge in [-0.1, -0.05) is 42.5 Å². The molecule has 31 heavy (non-hydrogen) atoms. The number of anilines is 1. The van der Waals surface area contributed by atoms with E-state index >= 15 is 0 Å². The summed E-state index contributed by atoms with van der Waals surface area (Å²) >= 11 is 0. The fourth-order valence-electron chi connectivity index (χ4n) is 4.09. The van der Waals surface area contributed by atoms with Crippen LogP contribution in [-0.2, 0) is 22.7 Å². The molecule has 0 bridgehead atoms. The minimum atomic E-state index is 0.0132. The first-order valence-electron chi connectivity index (χ1n) is 10.8. The third kappa shape index (κ3) is 5.23. The molecule has 2 aliphatic heterocycles. The maximum atomic E-state index is 12.4. The minimum Gasteiger partial charge on any atom is -0.352 e. The van der Waals surface area contributed by atoms with Gasteiger partial charge >= 0.3 is 0 Å². The second kappa shape index (κ2) is 9.64. The molecule has 2 amide bonds. The number of rotatable bonds is 6. The van der Waals surface area contributed by atoms with Crippen LogP contribution in [0.4, 0.5) is 5.69 Å². The molecule has 0 aromatic heterocycles. The van der Waals surface area contributed by atoms with Gasteiger partial charge < -0.3 is 20.4 Å². The molecular formula is C24H29N5O2. The van der Waals surface area contributed by atoms with E-state index in [4.69, 9.17) is 0 Å². The average Bonchev–Trinajstić information content (AvgIpc) is 3.37. The first-order chi connectivity index (χ1) is 15.1. The van der Waals surface area contributed by atoms with Gasteiger partial charge in [0.05, 0.1) is 6.04 Å². The molecule has 2 N–H and O–H groups in total. The Balaban J connectivity index is 1.27. The molecule has 2 saturated heterocycles. The molecule has 4 rings (SSSR count). The van der Waals surface area contributed by atoms with Crippen LogP contribution >= 0.6 is 0 Å². The molecular weight excluding hydrogens is 390 g/mol. The molecule has 1 atom stereocenters. The lowest BCUT2D eigenvalue weighted by molar-refractivity contribution is -0.128. The topological polar surface area (TPSA) is 77.0 Å². The van der Waals surface area contributed by atoms with Gasteiger partial charge in [0.25, 0.3) is 0 Å². The van der Waals surface area contributed by atoms with Gasteiger partial charge in [-0.15, -0.1) is 0 Å². The molecule has 0 aliphatic carbocycles. The van der Waals surface area contributed by atoms with Crippen molar-refractivity contribution in [2.45, 2.75) is 38.4 Å². The van der Waals surface area contributed by atoms with Crippen LogP contribution in [0.1, 0.15) is 30.4 Å². The molecule has 1 unspecified atom stereocenters. The Kier molecular flexibility index (Phi) is 6.50. The number of carbonyl (C=O) groups is 2. The van der Waals surface area contributed by atoms with Gasteiger partial charge in [-0.2, -0.15) is 0 Å². The summed E-state index contributed by atoms with van der Waals surface area (Å²) in [5.41, 5.74) is 3.20. The number of nitrogens with zero attached hydrogens (tertiary/aromatic N) is 3. The zero-order valence-electron chi connectivity index (χ0n) is 17.9. The Hall–Kier alpha value is -3.35. The summed E-state index contributed by atoms with van der Waals surface area (Å²) in [4.78, 5) is 32.2. The lowest BCUT2D eigenvalue weighted by Gasteiger charge is -2.19. The van der Waals surface area contributed by atoms with E-state index in [1.54, 1.807) is 7.05 Å². The van der Waals surface area contributed by atoms with Crippen LogP contribution in [0.2, 0.25) is 0 Å². The average molecular weight is 420 g/mol. The number of guanidine groups is 1. The number of likely N-dealkylation sites (tertiary alicyclic amines) is 1. The molecule has 7 nitrogen and oxygen atoms in total. The Morgan fingerprint density at radius 2 is 1.77 bits per heavy atom. The fourth-order valence-corrected chi connectivity index (χ4v) is 4.09. The van der Waals surface area contributed by atoms with Gasteiger partial charge in [-0.3, -0.25) is 14.6 Å². The van der Waals surface area contributed by atoms with Crippen molar-refractivity contribution in [2.75, 3.05) is 25.0 Å². The molecule has 0 spiro atoms. The molecule has 2 fully saturated rings. The zero-order chi connectivity index (χ0) is 21.6. The van der Waals surface area contributed by atoms with Crippen LogP contribution < -0.4 is 15.5 Å². The van der Waals surface area contributed by atoms with Crippen LogP contribution in [0.15, 0.2) is 59.6 Å². The van der Waals surface area contributed by atoms with Crippen LogP contribution in [0.3, 0.4) is 0 Å². The largest absolute Gasteiger partial charge is 0.352 e. The van der Waals surface area contributed by atoms with Gasteiger partial charge in [-0.05, 0) is 29.7 Å². The lowest BCUT2D eigenvalue weighted by atomic mass is 10.1. The fraction of sp³-hybridized carbons (Fsp3) is 0.375. The van der Waals surface area contributed by atoms with Crippen molar-refractivity contribution >= 4 is 23.5 Å². The molecule has 162 valence electrons. The maximum absolute atomic E-state index is 12.4. The molecule has 2 aliphatic rings. The normalized spacial score (nSPS) is 19.3. The van der Waals surface area contributed by atoms with E-state index in [9.17, 15) is 9.59 Å². The number of aliphatic imine (C=N–C) groups is 1. The molecule has 2 aromatic carbocycles. The highest BCUT2D eigenvalue weighted by Gasteiger charge is 2.31. The number of hydrogen-bond acceptors (Lipinski definition) is 3. The van der Waals surface area contributed by atoms with Crippen molar-refractivity contribution in [1.82, 2.24) is 15.5 Å². The van der Waals surface area contributed by atoms with Crippen LogP contribution in [0.25, 0.3) is 0 Å². The first kappa shape index (κ1) is 20.9. The summed E-state index contributed by atoms with van der Waals surface area (Å²) in [7, 11) is 1.73. The second-order valence-electron chi connectivity index (χ2n) is 8.05. The number of carbonyl (C=O) groups excluding carboxylic acids is 2. The van der Waals surface area contributed by atoms with E-state index in [1.165, 1.54) is 0 Å². The van der Waals surface area contributed by atoms with E-state index in [0.29, 0.717) is 38.4 Å². The predicted molar refractivity (Wildman–Crippen MR) is 122 cm³/mol. The molecule has 2 heterocycles. The van der Waals surface area contributed by atoms with Gasteiger partial charge in [0.2, 0.25) is 11.8 Å². The second-order valence-corrected chi connectivity index (χ2v) is 8.05. The van der Waals surface area contributed by atoms with Crippen molar-refractivity contribution < 1.29 is 9.59 Å². The third-order valence-corrected chi connectivity index (χ3v) is 5.79. The van der Waals surface area contributed by atoms with Gasteiger partial charge in [0.1, 0.15) is 0 Å². The molecule has 7 heteroatoms. The van der Waals surface area contributed by atoms with E-state index in [0.717, 1.165) is 29.8 Å². The van der Waals surface area contributed by atoms with Gasteiger partial charge in [-0.25, -0.2) is 0 Å². The summed E-state index contributed by atoms with van der Waals surface area (Å²) in [6, 6.07) is 18.1. The van der Waals surface area contributed by atoms with Crippen LogP contribution in [-0.4, -0.2) is 48.9 Å². The minimum absolute atomic E-state index is 0.0132. The predicted octanol–water partition coefficient (Wildman–Crippen LogP) is 2.28. The Labute approximate surface area is 183 Å². The van der Waals surface area contributed by atoms with Gasteiger partial charge in [0.15, 0.2) is 5.96 Å². The van der Waals surface area contributed by atoms with Crippen molar-refractivity contribution in [3.8, 4) is 0 Å². The van der Waals surface area contributed by atoms with Crippen molar-refractivity contribution in [3.63, 3.8) is 0 Å². The standard InChI is InChI=1S/C24H29N5O2/c1-25-24(27-20-14-23(31)29(17-20)21-6-3-2-4-7-21)26-15-18-9-11-19(12-10-18)16-28-13-5-8-22(28)30/h2-4,6-7,9-12,20H,5,8,13-17H2,1H3,(H2,25,26,27). The Morgan fingerprint density at radius 1 is 1.03 bits per heavy atom. The SMILES string of the molecule is CN=C(NCc1ccc(CN2CCCC2=O)cc1)NC1CC(=O)N(c2ccccc2)C1. The van der Waals surface area contributed by atoms with Crippen molar-refractivity contribution in [2.24, 2.45) is 4.99 Å². The molecule has 0 radical (unpaired) electrons. The number of para-hydroxylation sites is 1. The van der Waals surface area contributed by atoms with Crippen LogP contribution in [0.5, 0.6) is 0 Å². The van der Waals surface area contributed by atoms with Crippen LogP contribution in [0, 0.1) is 0 Å². The summed E-state index contributed by atoms with van der Waals surface area (Å²) in [6.45, 7) is 2.79. The highest BCUT2D eigenvalue weighted by molar-refractivity contribution is 5.97. The smallest absolute Gasteiger partial charge is 0.229 e. The monoisotopic (exact) mass is 419 g/mol. The highest BCUT2D eigenvalue weighted by Crippen LogP contribution is 2.21. The summed E-state index contributed by atoms with van der Waals surface area (Å²) in [5, 5.41) is 6.69. The third-order valence-electron chi connectivity index (χ3n) is 5.79. The molecule has 0 saturated carbocycles. The summed E-state index contributed by atoms with van der Waals surface area (Å²) in [5.74, 6) is 1.04. The summed E-state index contributed by atoms with van der Waals surface area (Å²) < 4.78 is 0.